The number of carbonyl (C=O) groups is 2. The molecule has 0 radical (unpaired) electrons. The SMILES string of the molecule is CCOC(=O)C1=C(CN2CCN(c3cccc(C)c3)CC2)NC(=O)N[C@H]1c1ccc(CC)cc1. The summed E-state index contributed by atoms with van der Waals surface area (Å²) in [6.45, 7) is 10.2. The predicted molar refractivity (Wildman–Crippen MR) is 134 cm³/mol. The normalized spacial score (nSPS) is 19.0. The lowest BCUT2D eigenvalue weighted by atomic mass is 9.94. The molecule has 0 aromatic heterocycles. The van der Waals surface area contributed by atoms with Crippen LogP contribution in [-0.2, 0) is 16.0 Å². The minimum atomic E-state index is -0.540. The van der Waals surface area contributed by atoms with E-state index in [2.05, 4.69) is 58.5 Å². The van der Waals surface area contributed by atoms with Crippen molar-refractivity contribution in [3.8, 4) is 0 Å². The van der Waals surface area contributed by atoms with Crippen LogP contribution in [0.4, 0.5) is 10.5 Å². The van der Waals surface area contributed by atoms with Crippen LogP contribution in [0.25, 0.3) is 0 Å². The number of nitrogens with one attached hydrogen (secondary N) is 2. The molecule has 34 heavy (non-hydrogen) atoms. The maximum Gasteiger partial charge on any atom is 0.338 e. The number of rotatable bonds is 7. The number of benzene rings is 2. The van der Waals surface area contributed by atoms with Crippen LogP contribution in [0.3, 0.4) is 0 Å². The minimum absolute atomic E-state index is 0.278. The monoisotopic (exact) mass is 462 g/mol. The Morgan fingerprint density at radius 1 is 1.06 bits per heavy atom. The van der Waals surface area contributed by atoms with Crippen molar-refractivity contribution in [2.45, 2.75) is 33.2 Å². The van der Waals surface area contributed by atoms with Gasteiger partial charge in [0.05, 0.1) is 18.2 Å². The summed E-state index contributed by atoms with van der Waals surface area (Å²) in [6.07, 6.45) is 0.930. The fourth-order valence-corrected chi connectivity index (χ4v) is 4.60. The lowest BCUT2D eigenvalue weighted by molar-refractivity contribution is -0.139. The van der Waals surface area contributed by atoms with Crippen molar-refractivity contribution in [1.82, 2.24) is 15.5 Å². The first kappa shape index (κ1) is 23.8. The largest absolute Gasteiger partial charge is 0.463 e. The molecule has 2 aromatic carbocycles. The molecule has 2 aromatic rings. The zero-order valence-electron chi connectivity index (χ0n) is 20.3. The second-order valence-corrected chi connectivity index (χ2v) is 8.84. The summed E-state index contributed by atoms with van der Waals surface area (Å²) in [6, 6.07) is 15.7. The van der Waals surface area contributed by atoms with Crippen LogP contribution in [0, 0.1) is 6.92 Å². The van der Waals surface area contributed by atoms with Gasteiger partial charge in [0.25, 0.3) is 0 Å². The van der Waals surface area contributed by atoms with Gasteiger partial charge >= 0.3 is 12.0 Å². The van der Waals surface area contributed by atoms with Gasteiger partial charge in [-0.3, -0.25) is 4.90 Å². The Morgan fingerprint density at radius 2 is 1.79 bits per heavy atom. The highest BCUT2D eigenvalue weighted by Crippen LogP contribution is 2.29. The summed E-state index contributed by atoms with van der Waals surface area (Å²) in [4.78, 5) is 30.3. The third kappa shape index (κ3) is 5.42. The Hall–Kier alpha value is -3.32. The fourth-order valence-electron chi connectivity index (χ4n) is 4.60. The van der Waals surface area contributed by atoms with E-state index in [1.807, 2.05) is 24.3 Å². The number of nitrogens with zero attached hydrogens (tertiary/aromatic N) is 2. The molecule has 7 nitrogen and oxygen atoms in total. The number of ether oxygens (including phenoxy) is 1. The van der Waals surface area contributed by atoms with E-state index in [1.165, 1.54) is 16.8 Å². The Labute approximate surface area is 201 Å². The third-order valence-electron chi connectivity index (χ3n) is 6.49. The highest BCUT2D eigenvalue weighted by molar-refractivity contribution is 5.95. The summed E-state index contributed by atoms with van der Waals surface area (Å²) in [5.41, 5.74) is 5.66. The van der Waals surface area contributed by atoms with Crippen molar-refractivity contribution in [1.29, 1.82) is 0 Å². The second kappa shape index (κ2) is 10.7. The summed E-state index contributed by atoms with van der Waals surface area (Å²) >= 11 is 0. The number of carbonyl (C=O) groups excluding carboxylic acids is 2. The topological polar surface area (TPSA) is 73.9 Å². The Kier molecular flexibility index (Phi) is 7.53. The molecular weight excluding hydrogens is 428 g/mol. The Bertz CT molecular complexity index is 1060. The van der Waals surface area contributed by atoms with Crippen molar-refractivity contribution in [2.75, 3.05) is 44.2 Å². The fraction of sp³-hybridized carbons (Fsp3) is 0.407. The molecule has 0 saturated carbocycles. The molecule has 0 spiro atoms. The lowest BCUT2D eigenvalue weighted by Crippen LogP contribution is -2.51. The molecule has 0 aliphatic carbocycles. The van der Waals surface area contributed by atoms with Crippen LogP contribution in [0.1, 0.15) is 36.6 Å². The number of amides is 2. The lowest BCUT2D eigenvalue weighted by Gasteiger charge is -2.38. The van der Waals surface area contributed by atoms with E-state index in [1.54, 1.807) is 6.92 Å². The van der Waals surface area contributed by atoms with Gasteiger partial charge in [-0.1, -0.05) is 43.3 Å². The van der Waals surface area contributed by atoms with E-state index in [0.29, 0.717) is 17.8 Å². The van der Waals surface area contributed by atoms with Gasteiger partial charge in [0.15, 0.2) is 0 Å². The van der Waals surface area contributed by atoms with E-state index in [0.717, 1.165) is 38.2 Å². The first-order valence-corrected chi connectivity index (χ1v) is 12.1. The number of piperazine rings is 1. The molecule has 1 saturated heterocycles. The average molecular weight is 463 g/mol. The molecule has 1 fully saturated rings. The van der Waals surface area contributed by atoms with E-state index in [4.69, 9.17) is 4.74 Å². The highest BCUT2D eigenvalue weighted by Gasteiger charge is 2.34. The zero-order chi connectivity index (χ0) is 24.1. The first-order chi connectivity index (χ1) is 16.5. The number of hydrogen-bond acceptors (Lipinski definition) is 5. The zero-order valence-corrected chi connectivity index (χ0v) is 20.3. The van der Waals surface area contributed by atoms with Crippen LogP contribution in [0.2, 0.25) is 0 Å². The summed E-state index contributed by atoms with van der Waals surface area (Å²) in [7, 11) is 0. The number of aryl methyl sites for hydroxylation is 2. The molecule has 1 atom stereocenters. The van der Waals surface area contributed by atoms with Crippen molar-refractivity contribution >= 4 is 17.7 Å². The molecule has 180 valence electrons. The first-order valence-electron chi connectivity index (χ1n) is 12.1. The highest BCUT2D eigenvalue weighted by atomic mass is 16.5. The van der Waals surface area contributed by atoms with Gasteiger partial charge < -0.3 is 20.3 Å². The van der Waals surface area contributed by atoms with Gasteiger partial charge in [-0.05, 0) is 49.1 Å². The molecule has 0 bridgehead atoms. The van der Waals surface area contributed by atoms with Crippen LogP contribution in [-0.4, -0.2) is 56.2 Å². The smallest absolute Gasteiger partial charge is 0.338 e. The van der Waals surface area contributed by atoms with Gasteiger partial charge in [-0.2, -0.15) is 0 Å². The second-order valence-electron chi connectivity index (χ2n) is 8.84. The maximum absolute atomic E-state index is 13.0. The molecule has 4 rings (SSSR count). The van der Waals surface area contributed by atoms with E-state index in [-0.39, 0.29) is 12.6 Å². The standard InChI is InChI=1S/C27H34N4O3/c1-4-20-9-11-21(12-10-20)25-24(26(32)34-5-2)23(28-27(33)29-25)18-30-13-15-31(16-14-30)22-8-6-7-19(3)17-22/h6-12,17,25H,4-5,13-16,18H2,1-3H3,(H2,28,29,33)/t25-/m0/s1. The molecule has 0 unspecified atom stereocenters. The van der Waals surface area contributed by atoms with Gasteiger partial charge in [-0.25, -0.2) is 9.59 Å². The molecule has 2 aliphatic heterocycles. The van der Waals surface area contributed by atoms with Crippen molar-refractivity contribution in [3.05, 3.63) is 76.5 Å². The average Bonchev–Trinajstić information content (AvgIpc) is 2.84. The number of esters is 1. The van der Waals surface area contributed by atoms with Gasteiger partial charge in [-0.15, -0.1) is 0 Å². The van der Waals surface area contributed by atoms with Crippen molar-refractivity contribution in [3.63, 3.8) is 0 Å². The summed E-state index contributed by atoms with van der Waals surface area (Å²) in [5, 5.41) is 5.82. The Balaban J connectivity index is 1.55. The van der Waals surface area contributed by atoms with E-state index in [9.17, 15) is 9.59 Å². The molecule has 7 heteroatoms. The molecule has 2 amide bonds. The van der Waals surface area contributed by atoms with Crippen LogP contribution in [0.5, 0.6) is 0 Å². The molecule has 2 heterocycles. The third-order valence-corrected chi connectivity index (χ3v) is 6.49. The van der Waals surface area contributed by atoms with Gasteiger partial charge in [0.2, 0.25) is 0 Å². The van der Waals surface area contributed by atoms with Gasteiger partial charge in [0, 0.05) is 44.1 Å². The van der Waals surface area contributed by atoms with E-state index >= 15 is 0 Å². The molecule has 2 N–H and O–H groups in total. The number of urea groups is 1. The van der Waals surface area contributed by atoms with Crippen molar-refractivity contribution < 1.29 is 14.3 Å². The minimum Gasteiger partial charge on any atom is -0.463 e. The quantitative estimate of drug-likeness (QED) is 0.616. The summed E-state index contributed by atoms with van der Waals surface area (Å²) in [5.74, 6) is -0.395. The summed E-state index contributed by atoms with van der Waals surface area (Å²) < 4.78 is 5.40. The van der Waals surface area contributed by atoms with Crippen LogP contribution < -0.4 is 15.5 Å². The van der Waals surface area contributed by atoms with Crippen LogP contribution >= 0.6 is 0 Å². The van der Waals surface area contributed by atoms with Crippen molar-refractivity contribution in [2.24, 2.45) is 0 Å². The van der Waals surface area contributed by atoms with Crippen LogP contribution in [0.15, 0.2) is 59.8 Å². The maximum atomic E-state index is 13.0. The predicted octanol–water partition coefficient (Wildman–Crippen LogP) is 3.55. The Morgan fingerprint density at radius 3 is 2.44 bits per heavy atom. The van der Waals surface area contributed by atoms with E-state index < -0.39 is 12.0 Å². The number of anilines is 1. The molecular formula is C27H34N4O3. The van der Waals surface area contributed by atoms with Gasteiger partial charge in [0.1, 0.15) is 0 Å². The number of hydrogen-bond donors (Lipinski definition) is 2. The molecule has 2 aliphatic rings.